The summed E-state index contributed by atoms with van der Waals surface area (Å²) in [5, 5.41) is 9.41. The molecule has 0 aliphatic carbocycles. The number of ether oxygens (including phenoxy) is 1. The molecular formula is C10H10Br4O2. The van der Waals surface area contributed by atoms with Crippen LogP contribution in [0.2, 0.25) is 0 Å². The fraction of sp³-hybridized carbons (Fsp3) is 0.400. The Balaban J connectivity index is 2.94. The van der Waals surface area contributed by atoms with Crippen LogP contribution < -0.4 is 0 Å². The van der Waals surface area contributed by atoms with Crippen LogP contribution in [-0.2, 0) is 16.7 Å². The Morgan fingerprint density at radius 1 is 1.19 bits per heavy atom. The molecule has 0 amide bonds. The zero-order valence-corrected chi connectivity index (χ0v) is 14.6. The third-order valence-electron chi connectivity index (χ3n) is 1.96. The van der Waals surface area contributed by atoms with Crippen molar-refractivity contribution in [1.29, 1.82) is 0 Å². The van der Waals surface area contributed by atoms with E-state index in [0.29, 0.717) is 13.2 Å². The molecular weight excluding hydrogens is 472 g/mol. The van der Waals surface area contributed by atoms with Crippen molar-refractivity contribution in [2.24, 2.45) is 0 Å². The quantitative estimate of drug-likeness (QED) is 0.384. The average molecular weight is 482 g/mol. The van der Waals surface area contributed by atoms with Gasteiger partial charge >= 0.3 is 0 Å². The molecule has 0 unspecified atom stereocenters. The molecule has 1 aromatic carbocycles. The Labute approximate surface area is 128 Å². The first-order chi connectivity index (χ1) is 7.61. The lowest BCUT2D eigenvalue weighted by atomic mass is 10.2. The van der Waals surface area contributed by atoms with E-state index in [0.717, 1.165) is 29.9 Å². The lowest BCUT2D eigenvalue weighted by molar-refractivity contribution is 0.0812. The van der Waals surface area contributed by atoms with Gasteiger partial charge in [0.15, 0.2) is 0 Å². The predicted octanol–water partition coefficient (Wildman–Crippen LogP) is 4.38. The number of benzene rings is 1. The summed E-state index contributed by atoms with van der Waals surface area (Å²) in [6.45, 7) is 0.863. The van der Waals surface area contributed by atoms with Crippen LogP contribution in [0.1, 0.15) is 11.1 Å². The summed E-state index contributed by atoms with van der Waals surface area (Å²) in [6, 6.07) is 2.02. The average Bonchev–Trinajstić information content (AvgIpc) is 2.26. The highest BCUT2D eigenvalue weighted by atomic mass is 79.9. The summed E-state index contributed by atoms with van der Waals surface area (Å²) in [5.41, 5.74) is 2.19. The zero-order valence-electron chi connectivity index (χ0n) is 8.27. The molecule has 0 saturated carbocycles. The minimum atomic E-state index is 0.0411. The van der Waals surface area contributed by atoms with Gasteiger partial charge in [-0.05, 0) is 49.1 Å². The number of aliphatic hydroxyl groups is 1. The number of alkyl halides is 1. The van der Waals surface area contributed by atoms with E-state index in [-0.39, 0.29) is 6.61 Å². The first-order valence-corrected chi connectivity index (χ1v) is 8.01. The highest BCUT2D eigenvalue weighted by molar-refractivity contribution is 9.13. The molecule has 1 N–H and O–H groups in total. The van der Waals surface area contributed by atoms with Crippen LogP contribution in [0, 0.1) is 0 Å². The summed E-state index contributed by atoms with van der Waals surface area (Å²) < 4.78 is 8.33. The van der Waals surface area contributed by atoms with E-state index < -0.39 is 0 Å². The number of halogens is 4. The smallest absolute Gasteiger partial charge is 0.0729 e. The lowest BCUT2D eigenvalue weighted by Gasteiger charge is -2.12. The van der Waals surface area contributed by atoms with E-state index in [1.165, 1.54) is 0 Å². The predicted molar refractivity (Wildman–Crippen MR) is 78.9 cm³/mol. The lowest BCUT2D eigenvalue weighted by Crippen LogP contribution is -2.01. The van der Waals surface area contributed by atoms with Crippen molar-refractivity contribution in [2.45, 2.75) is 11.9 Å². The van der Waals surface area contributed by atoms with Crippen LogP contribution in [0.15, 0.2) is 19.5 Å². The van der Waals surface area contributed by atoms with E-state index in [1.807, 2.05) is 6.07 Å². The largest absolute Gasteiger partial charge is 0.394 e. The van der Waals surface area contributed by atoms with Crippen LogP contribution in [0.4, 0.5) is 0 Å². The van der Waals surface area contributed by atoms with Gasteiger partial charge in [0.2, 0.25) is 0 Å². The number of rotatable bonds is 5. The Kier molecular flexibility index (Phi) is 7.07. The maximum absolute atomic E-state index is 8.64. The molecule has 0 radical (unpaired) electrons. The molecule has 0 saturated heterocycles. The van der Waals surface area contributed by atoms with Gasteiger partial charge in [-0.3, -0.25) is 0 Å². The maximum atomic E-state index is 8.64. The van der Waals surface area contributed by atoms with E-state index in [1.54, 1.807) is 0 Å². The van der Waals surface area contributed by atoms with E-state index in [4.69, 9.17) is 9.84 Å². The van der Waals surface area contributed by atoms with Crippen molar-refractivity contribution >= 4 is 63.7 Å². The van der Waals surface area contributed by atoms with Gasteiger partial charge < -0.3 is 9.84 Å². The molecule has 0 aliphatic rings. The standard InChI is InChI=1S/C10H10Br4O2/c11-4-7-8(12)3-6(5-16-2-1-15)9(13)10(7)14/h3,15H,1-2,4-5H2. The van der Waals surface area contributed by atoms with Crippen molar-refractivity contribution in [3.8, 4) is 0 Å². The van der Waals surface area contributed by atoms with Crippen molar-refractivity contribution in [1.82, 2.24) is 0 Å². The Morgan fingerprint density at radius 2 is 1.88 bits per heavy atom. The topological polar surface area (TPSA) is 29.5 Å². The van der Waals surface area contributed by atoms with Crippen molar-refractivity contribution in [3.05, 3.63) is 30.6 Å². The van der Waals surface area contributed by atoms with Crippen molar-refractivity contribution in [3.63, 3.8) is 0 Å². The van der Waals surface area contributed by atoms with Crippen LogP contribution >= 0.6 is 63.7 Å². The van der Waals surface area contributed by atoms with Gasteiger partial charge in [0.1, 0.15) is 0 Å². The van der Waals surface area contributed by atoms with E-state index in [2.05, 4.69) is 63.7 Å². The summed E-state index contributed by atoms with van der Waals surface area (Å²) in [5.74, 6) is 0. The molecule has 0 spiro atoms. The van der Waals surface area contributed by atoms with Gasteiger partial charge in [-0.1, -0.05) is 31.9 Å². The molecule has 16 heavy (non-hydrogen) atoms. The molecule has 90 valence electrons. The second-order valence-corrected chi connectivity index (χ2v) is 6.03. The summed E-state index contributed by atoms with van der Waals surface area (Å²) in [7, 11) is 0. The monoisotopic (exact) mass is 478 g/mol. The number of hydrogen-bond donors (Lipinski definition) is 1. The summed E-state index contributed by atoms with van der Waals surface area (Å²) in [4.78, 5) is 0. The highest BCUT2D eigenvalue weighted by Crippen LogP contribution is 2.36. The van der Waals surface area contributed by atoms with Crippen LogP contribution in [0.25, 0.3) is 0 Å². The Bertz CT molecular complexity index is 368. The van der Waals surface area contributed by atoms with Gasteiger partial charge in [0.25, 0.3) is 0 Å². The van der Waals surface area contributed by atoms with Gasteiger partial charge in [-0.15, -0.1) is 0 Å². The summed E-state index contributed by atoms with van der Waals surface area (Å²) in [6.07, 6.45) is 0. The highest BCUT2D eigenvalue weighted by Gasteiger charge is 2.12. The molecule has 6 heteroatoms. The summed E-state index contributed by atoms with van der Waals surface area (Å²) >= 11 is 14.0. The molecule has 0 fully saturated rings. The normalized spacial score (nSPS) is 10.8. The van der Waals surface area contributed by atoms with Gasteiger partial charge in [-0.2, -0.15) is 0 Å². The SMILES string of the molecule is OCCOCc1cc(Br)c(CBr)c(Br)c1Br. The maximum Gasteiger partial charge on any atom is 0.0729 e. The molecule has 1 aromatic rings. The van der Waals surface area contributed by atoms with Crippen LogP contribution in [0.5, 0.6) is 0 Å². The minimum absolute atomic E-state index is 0.0411. The number of hydrogen-bond acceptors (Lipinski definition) is 2. The third-order valence-corrected chi connectivity index (χ3v) is 5.54. The van der Waals surface area contributed by atoms with Crippen LogP contribution in [0.3, 0.4) is 0 Å². The second kappa shape index (κ2) is 7.48. The molecule has 2 nitrogen and oxygen atoms in total. The first-order valence-electron chi connectivity index (χ1n) is 4.51. The Morgan fingerprint density at radius 3 is 2.44 bits per heavy atom. The molecule has 0 aliphatic heterocycles. The first kappa shape index (κ1) is 15.1. The molecule has 0 heterocycles. The van der Waals surface area contributed by atoms with Gasteiger partial charge in [-0.25, -0.2) is 0 Å². The van der Waals surface area contributed by atoms with E-state index >= 15 is 0 Å². The molecule has 0 aromatic heterocycles. The van der Waals surface area contributed by atoms with Gasteiger partial charge in [0.05, 0.1) is 19.8 Å². The molecule has 1 rings (SSSR count). The molecule has 0 bridgehead atoms. The number of aliphatic hydroxyl groups excluding tert-OH is 1. The fourth-order valence-corrected chi connectivity index (χ4v) is 4.45. The second-order valence-electron chi connectivity index (χ2n) is 3.03. The molecule has 0 atom stereocenters. The van der Waals surface area contributed by atoms with Crippen molar-refractivity contribution in [2.75, 3.05) is 13.2 Å². The third kappa shape index (κ3) is 3.78. The fourth-order valence-electron chi connectivity index (χ4n) is 1.16. The minimum Gasteiger partial charge on any atom is -0.394 e. The van der Waals surface area contributed by atoms with Crippen LogP contribution in [-0.4, -0.2) is 18.3 Å². The van der Waals surface area contributed by atoms with Crippen molar-refractivity contribution < 1.29 is 9.84 Å². The van der Waals surface area contributed by atoms with E-state index in [9.17, 15) is 0 Å². The Hall–Kier alpha value is 1.06. The zero-order chi connectivity index (χ0) is 12.1. The van der Waals surface area contributed by atoms with Gasteiger partial charge in [0, 0.05) is 18.7 Å².